The second kappa shape index (κ2) is 6.45. The van der Waals surface area contributed by atoms with Crippen molar-refractivity contribution in [2.75, 3.05) is 18.1 Å². The normalized spacial score (nSPS) is 13.6. The summed E-state index contributed by atoms with van der Waals surface area (Å²) in [6.45, 7) is 2.26. The number of nitrogens with zero attached hydrogens (tertiary/aromatic N) is 1. The lowest BCUT2D eigenvalue weighted by atomic mass is 10.1. The maximum atomic E-state index is 12.0. The van der Waals surface area contributed by atoms with Gasteiger partial charge in [0.1, 0.15) is 0 Å². The van der Waals surface area contributed by atoms with Crippen molar-refractivity contribution in [1.82, 2.24) is 0 Å². The molecule has 1 aromatic rings. The number of anilines is 1. The fourth-order valence-corrected chi connectivity index (χ4v) is 2.78. The number of amides is 1. The zero-order chi connectivity index (χ0) is 15.6. The monoisotopic (exact) mass is 329 g/mol. The van der Waals surface area contributed by atoms with Gasteiger partial charge in [0.25, 0.3) is 11.7 Å². The lowest BCUT2D eigenvalue weighted by molar-refractivity contribution is -0.143. The van der Waals surface area contributed by atoms with Crippen LogP contribution in [0, 0.1) is 0 Å². The molecule has 0 aliphatic carbocycles. The van der Waals surface area contributed by atoms with Gasteiger partial charge >= 0.3 is 5.97 Å². The molecule has 1 heterocycles. The van der Waals surface area contributed by atoms with Gasteiger partial charge in [-0.2, -0.15) is 0 Å². The summed E-state index contributed by atoms with van der Waals surface area (Å²) < 4.78 is 4.81. The van der Waals surface area contributed by atoms with Crippen molar-refractivity contribution in [3.8, 4) is 0 Å². The number of carbonyl (C=O) groups excluding carboxylic acids is 3. The first-order chi connectivity index (χ1) is 9.95. The SMILES string of the molecule is CCOC(=O)CCCN1C(=O)C(=O)c2cc(Cl)cc(Cl)c21. The van der Waals surface area contributed by atoms with Crippen molar-refractivity contribution in [3.63, 3.8) is 0 Å². The Morgan fingerprint density at radius 3 is 2.67 bits per heavy atom. The van der Waals surface area contributed by atoms with E-state index in [1.807, 2.05) is 0 Å². The van der Waals surface area contributed by atoms with Gasteiger partial charge in [0, 0.05) is 18.0 Å². The van der Waals surface area contributed by atoms with E-state index in [-0.39, 0.29) is 29.5 Å². The predicted molar refractivity (Wildman–Crippen MR) is 79.0 cm³/mol. The van der Waals surface area contributed by atoms with Crippen LogP contribution in [0.5, 0.6) is 0 Å². The van der Waals surface area contributed by atoms with E-state index in [2.05, 4.69) is 0 Å². The quantitative estimate of drug-likeness (QED) is 0.615. The number of ketones is 1. The zero-order valence-corrected chi connectivity index (χ0v) is 12.8. The average Bonchev–Trinajstić information content (AvgIpc) is 2.64. The van der Waals surface area contributed by atoms with Crippen LogP contribution in [-0.4, -0.2) is 30.8 Å². The molecule has 1 aliphatic rings. The lowest BCUT2D eigenvalue weighted by Crippen LogP contribution is -2.31. The molecule has 0 atom stereocenters. The molecule has 0 saturated heterocycles. The van der Waals surface area contributed by atoms with Crippen LogP contribution < -0.4 is 4.90 Å². The highest BCUT2D eigenvalue weighted by Crippen LogP contribution is 2.38. The van der Waals surface area contributed by atoms with E-state index >= 15 is 0 Å². The summed E-state index contributed by atoms with van der Waals surface area (Å²) >= 11 is 11.9. The maximum absolute atomic E-state index is 12.0. The minimum absolute atomic E-state index is 0.173. The summed E-state index contributed by atoms with van der Waals surface area (Å²) in [5.41, 5.74) is 0.563. The van der Waals surface area contributed by atoms with E-state index < -0.39 is 11.7 Å². The number of benzene rings is 1. The zero-order valence-electron chi connectivity index (χ0n) is 11.3. The predicted octanol–water partition coefficient (Wildman–Crippen LogP) is 2.87. The van der Waals surface area contributed by atoms with E-state index in [1.54, 1.807) is 6.92 Å². The first kappa shape index (κ1) is 15.8. The van der Waals surface area contributed by atoms with E-state index in [9.17, 15) is 14.4 Å². The minimum Gasteiger partial charge on any atom is -0.466 e. The van der Waals surface area contributed by atoms with Crippen molar-refractivity contribution >= 4 is 46.5 Å². The topological polar surface area (TPSA) is 63.7 Å². The molecule has 0 bridgehead atoms. The van der Waals surface area contributed by atoms with Crippen LogP contribution >= 0.6 is 23.2 Å². The molecule has 2 rings (SSSR count). The fraction of sp³-hybridized carbons (Fsp3) is 0.357. The molecule has 1 aromatic carbocycles. The number of fused-ring (bicyclic) bond motifs is 1. The maximum Gasteiger partial charge on any atom is 0.305 e. The number of carbonyl (C=O) groups is 3. The van der Waals surface area contributed by atoms with Crippen molar-refractivity contribution in [2.45, 2.75) is 19.8 Å². The Morgan fingerprint density at radius 2 is 2.00 bits per heavy atom. The summed E-state index contributed by atoms with van der Waals surface area (Å²) in [4.78, 5) is 36.5. The molecule has 0 radical (unpaired) electrons. The Bertz CT molecular complexity index is 615. The highest BCUT2D eigenvalue weighted by atomic mass is 35.5. The molecule has 0 spiro atoms. The van der Waals surface area contributed by atoms with Crippen LogP contribution in [0.2, 0.25) is 10.0 Å². The van der Waals surface area contributed by atoms with E-state index in [4.69, 9.17) is 27.9 Å². The molecule has 1 amide bonds. The second-order valence-corrected chi connectivity index (χ2v) is 5.32. The third-order valence-electron chi connectivity index (χ3n) is 3.05. The van der Waals surface area contributed by atoms with Crippen LogP contribution in [0.1, 0.15) is 30.1 Å². The van der Waals surface area contributed by atoms with Gasteiger partial charge in [-0.3, -0.25) is 14.4 Å². The largest absolute Gasteiger partial charge is 0.466 e. The third-order valence-corrected chi connectivity index (χ3v) is 3.56. The molecule has 7 heteroatoms. The molecule has 0 fully saturated rings. The van der Waals surface area contributed by atoms with Gasteiger partial charge < -0.3 is 9.64 Å². The molecule has 0 N–H and O–H groups in total. The fourth-order valence-electron chi connectivity index (χ4n) is 2.18. The summed E-state index contributed by atoms with van der Waals surface area (Å²) in [6.07, 6.45) is 0.558. The summed E-state index contributed by atoms with van der Waals surface area (Å²) in [7, 11) is 0. The lowest BCUT2D eigenvalue weighted by Gasteiger charge is -2.17. The average molecular weight is 330 g/mol. The van der Waals surface area contributed by atoms with Gasteiger partial charge in [-0.05, 0) is 25.5 Å². The van der Waals surface area contributed by atoms with E-state index in [0.717, 1.165) is 0 Å². The standard InChI is InChI=1S/C14H13Cl2NO4/c1-2-21-11(18)4-3-5-17-12-9(13(19)14(17)20)6-8(15)7-10(12)16/h6-7H,2-5H2,1H3. The van der Waals surface area contributed by atoms with E-state index in [0.29, 0.717) is 23.7 Å². The smallest absolute Gasteiger partial charge is 0.305 e. The van der Waals surface area contributed by atoms with Gasteiger partial charge in [-0.1, -0.05) is 23.2 Å². The highest BCUT2D eigenvalue weighted by Gasteiger charge is 2.37. The number of rotatable bonds is 5. The molecule has 0 unspecified atom stereocenters. The van der Waals surface area contributed by atoms with Gasteiger partial charge in [0.2, 0.25) is 0 Å². The van der Waals surface area contributed by atoms with Crippen LogP contribution in [-0.2, 0) is 14.3 Å². The number of esters is 1. The molecular formula is C14H13Cl2NO4. The molecule has 5 nitrogen and oxygen atoms in total. The van der Waals surface area contributed by atoms with Crippen molar-refractivity contribution in [2.24, 2.45) is 0 Å². The molecule has 21 heavy (non-hydrogen) atoms. The number of ether oxygens (including phenoxy) is 1. The Morgan fingerprint density at radius 1 is 1.29 bits per heavy atom. The summed E-state index contributed by atoms with van der Waals surface area (Å²) in [5, 5.41) is 0.543. The highest BCUT2D eigenvalue weighted by molar-refractivity contribution is 6.54. The number of hydrogen-bond donors (Lipinski definition) is 0. The van der Waals surface area contributed by atoms with Crippen molar-refractivity contribution < 1.29 is 19.1 Å². The minimum atomic E-state index is -0.655. The number of Topliss-reactive ketones (excluding diaryl/α,β-unsaturated/α-hetero) is 1. The Hall–Kier alpha value is -1.59. The van der Waals surface area contributed by atoms with Crippen LogP contribution in [0.15, 0.2) is 12.1 Å². The molecular weight excluding hydrogens is 317 g/mol. The Kier molecular flexibility index (Phi) is 4.85. The third kappa shape index (κ3) is 3.19. The summed E-state index contributed by atoms with van der Waals surface area (Å²) in [6, 6.07) is 2.90. The van der Waals surface area contributed by atoms with Crippen LogP contribution in [0.4, 0.5) is 5.69 Å². The number of hydrogen-bond acceptors (Lipinski definition) is 4. The van der Waals surface area contributed by atoms with Crippen LogP contribution in [0.25, 0.3) is 0 Å². The van der Waals surface area contributed by atoms with E-state index in [1.165, 1.54) is 17.0 Å². The molecule has 1 aliphatic heterocycles. The van der Waals surface area contributed by atoms with Crippen molar-refractivity contribution in [1.29, 1.82) is 0 Å². The van der Waals surface area contributed by atoms with Gasteiger partial charge in [-0.15, -0.1) is 0 Å². The first-order valence-corrected chi connectivity index (χ1v) is 7.22. The number of halogens is 2. The summed E-state index contributed by atoms with van der Waals surface area (Å²) in [5.74, 6) is -1.62. The molecule has 112 valence electrons. The van der Waals surface area contributed by atoms with Crippen molar-refractivity contribution in [3.05, 3.63) is 27.7 Å². The van der Waals surface area contributed by atoms with Gasteiger partial charge in [0.05, 0.1) is 22.9 Å². The second-order valence-electron chi connectivity index (χ2n) is 4.48. The Balaban J connectivity index is 2.14. The van der Waals surface area contributed by atoms with Crippen LogP contribution in [0.3, 0.4) is 0 Å². The van der Waals surface area contributed by atoms with Gasteiger partial charge in [0.15, 0.2) is 0 Å². The molecule has 0 aromatic heterocycles. The Labute approximate surface area is 131 Å². The molecule has 0 saturated carbocycles. The first-order valence-electron chi connectivity index (χ1n) is 6.46. The van der Waals surface area contributed by atoms with Gasteiger partial charge in [-0.25, -0.2) is 0 Å².